The summed E-state index contributed by atoms with van der Waals surface area (Å²) in [5.74, 6) is -10.6. The van der Waals surface area contributed by atoms with Crippen molar-refractivity contribution in [2.75, 3.05) is 0 Å². The first kappa shape index (κ1) is 71.0. The van der Waals surface area contributed by atoms with Gasteiger partial charge in [-0.3, -0.25) is 0 Å². The van der Waals surface area contributed by atoms with Gasteiger partial charge in [0.25, 0.3) is 0 Å². The zero-order valence-corrected chi connectivity index (χ0v) is 25.8. The van der Waals surface area contributed by atoms with E-state index >= 15 is 0 Å². The molecule has 24 N–H and O–H groups in total. The van der Waals surface area contributed by atoms with Crippen molar-refractivity contribution in [3.63, 3.8) is 0 Å². The Morgan fingerprint density at radius 1 is 0.289 bits per heavy atom. The Morgan fingerprint density at radius 2 is 0.342 bits per heavy atom. The molecule has 0 bridgehead atoms. The fourth-order valence-corrected chi connectivity index (χ4v) is 0.810. The minimum atomic E-state index is -2.27. The summed E-state index contributed by atoms with van der Waals surface area (Å²) in [6.07, 6.45) is -13.6. The molecule has 24 nitrogen and oxygen atoms in total. The second kappa shape index (κ2) is 36.1. The number of rotatable bonds is 9. The molecule has 6 atom stereocenters. The first-order chi connectivity index (χ1) is 13.4. The molecule has 0 heterocycles. The van der Waals surface area contributed by atoms with Crippen LogP contribution in [0.4, 0.5) is 0 Å². The smallest absolute Gasteiger partial charge is 0.335 e. The Labute approximate surface area is 275 Å². The summed E-state index contributed by atoms with van der Waals surface area (Å²) >= 11 is 0. The van der Waals surface area contributed by atoms with E-state index in [9.17, 15) is 28.8 Å². The number of carbonyl (C=O) groups is 6. The second-order valence-electron chi connectivity index (χ2n) is 4.70. The molecule has 0 fully saturated rings. The first-order valence-electron chi connectivity index (χ1n) is 6.85. The zero-order chi connectivity index (χ0) is 24.9. The molecule has 0 aliphatic carbocycles. The van der Waals surface area contributed by atoms with Crippen molar-refractivity contribution in [3.05, 3.63) is 0 Å². The van der Waals surface area contributed by atoms with Crippen LogP contribution in [0.3, 0.4) is 0 Å². The molecule has 0 rings (SSSR count). The van der Waals surface area contributed by atoms with E-state index in [0.717, 1.165) is 0 Å². The van der Waals surface area contributed by atoms with Gasteiger partial charge in [0.2, 0.25) is 0 Å². The Hall–Kier alpha value is -0.933. The van der Waals surface area contributed by atoms with Gasteiger partial charge in [-0.15, -0.1) is 0 Å². The van der Waals surface area contributed by atoms with Crippen LogP contribution in [0.1, 0.15) is 0 Å². The molecule has 0 aromatic rings. The summed E-state index contributed by atoms with van der Waals surface area (Å²) in [6.45, 7) is 0. The van der Waals surface area contributed by atoms with E-state index in [2.05, 4.69) is 0 Å². The SMILES string of the molecule is O.O.O.O.O.O.O=C(O)C(O)C(O)C(=O)O.O=C(O)C(O)C(O)C(=O)O.O=C(O)C(O)C(O)C(=O)O.[Pr].[Pr]. The molecular weight excluding hydrogens is 810 g/mol. The van der Waals surface area contributed by atoms with Gasteiger partial charge in [-0.1, -0.05) is 0 Å². The molecule has 0 spiro atoms. The second-order valence-corrected chi connectivity index (χ2v) is 4.70. The zero-order valence-electron chi connectivity index (χ0n) is 18.4. The molecule has 0 aromatic heterocycles. The van der Waals surface area contributed by atoms with E-state index in [1.165, 1.54) is 0 Å². The molecule has 0 saturated heterocycles. The van der Waals surface area contributed by atoms with Gasteiger partial charge in [0, 0.05) is 82.6 Å². The number of hydrogen-bond acceptors (Lipinski definition) is 12. The molecule has 38 heavy (non-hydrogen) atoms. The average Bonchev–Trinajstić information content (AvgIpc) is 2.64. The quantitative estimate of drug-likeness (QED) is 0.103. The summed E-state index contributed by atoms with van der Waals surface area (Å²) in [6, 6.07) is 0. The minimum absolute atomic E-state index is 0. The van der Waals surface area contributed by atoms with Crippen LogP contribution in [0, 0.1) is 82.6 Å². The summed E-state index contributed by atoms with van der Waals surface area (Å²) < 4.78 is 0. The van der Waals surface area contributed by atoms with Crippen molar-refractivity contribution in [2.45, 2.75) is 36.6 Å². The molecule has 0 aromatic carbocycles. The van der Waals surface area contributed by atoms with Crippen molar-refractivity contribution >= 4 is 35.8 Å². The summed E-state index contributed by atoms with van der Waals surface area (Å²) in [7, 11) is 0. The summed E-state index contributed by atoms with van der Waals surface area (Å²) in [5.41, 5.74) is 0. The summed E-state index contributed by atoms with van der Waals surface area (Å²) in [5, 5.41) is 97.6. The van der Waals surface area contributed by atoms with Gasteiger partial charge >= 0.3 is 35.8 Å². The molecule has 6 unspecified atom stereocenters. The first-order valence-corrected chi connectivity index (χ1v) is 6.85. The van der Waals surface area contributed by atoms with Crippen molar-refractivity contribution in [1.29, 1.82) is 0 Å². The van der Waals surface area contributed by atoms with Crippen molar-refractivity contribution < 1.29 is 205 Å². The Kier molecular flexibility index (Phi) is 67.4. The number of carboxylic acids is 6. The van der Waals surface area contributed by atoms with E-state index in [1.54, 1.807) is 0 Å². The van der Waals surface area contributed by atoms with Crippen molar-refractivity contribution in [2.24, 2.45) is 0 Å². The van der Waals surface area contributed by atoms with Crippen LogP contribution >= 0.6 is 0 Å². The van der Waals surface area contributed by atoms with E-state index in [-0.39, 0.29) is 115 Å². The van der Waals surface area contributed by atoms with Gasteiger partial charge in [0.05, 0.1) is 0 Å². The monoisotopic (exact) mass is 840 g/mol. The fraction of sp³-hybridized carbons (Fsp3) is 0.500. The maximum absolute atomic E-state index is 9.77. The normalized spacial score (nSPS) is 12.5. The number of aliphatic carboxylic acids is 6. The fourth-order valence-electron chi connectivity index (χ4n) is 0.810. The minimum Gasteiger partial charge on any atom is -0.479 e. The molecule has 0 aliphatic rings. The number of aliphatic hydroxyl groups excluding tert-OH is 6. The third-order valence-corrected chi connectivity index (χ3v) is 2.42. The van der Waals surface area contributed by atoms with Crippen LogP contribution in [0.25, 0.3) is 0 Å². The third kappa shape index (κ3) is 33.1. The van der Waals surface area contributed by atoms with Crippen LogP contribution in [0.2, 0.25) is 0 Å². The predicted molar refractivity (Wildman–Crippen MR) is 104 cm³/mol. The Bertz CT molecular complexity index is 502. The van der Waals surface area contributed by atoms with Crippen LogP contribution in [-0.2, 0) is 28.8 Å². The van der Waals surface area contributed by atoms with Crippen LogP contribution < -0.4 is 0 Å². The number of hydrogen-bond donors (Lipinski definition) is 12. The average molecular weight is 840 g/mol. The predicted octanol–water partition coefficient (Wildman–Crippen LogP) is -11.3. The molecular formula is C12H30O24Pr2. The van der Waals surface area contributed by atoms with Crippen LogP contribution in [0.15, 0.2) is 0 Å². The van der Waals surface area contributed by atoms with E-state index < -0.39 is 72.4 Å². The Balaban J connectivity index is -0.0000000289. The third-order valence-electron chi connectivity index (χ3n) is 2.42. The molecule has 0 saturated carbocycles. The molecule has 228 valence electrons. The van der Waals surface area contributed by atoms with E-state index in [0.29, 0.717) is 0 Å². The molecule has 0 aliphatic heterocycles. The van der Waals surface area contributed by atoms with Gasteiger partial charge in [-0.2, -0.15) is 0 Å². The van der Waals surface area contributed by atoms with Gasteiger partial charge in [0.15, 0.2) is 36.6 Å². The van der Waals surface area contributed by atoms with Crippen molar-refractivity contribution in [1.82, 2.24) is 0 Å². The topological polar surface area (TPSA) is 534 Å². The van der Waals surface area contributed by atoms with Crippen LogP contribution in [-0.4, -0.2) is 167 Å². The number of carboxylic acid groups (broad SMARTS) is 6. The van der Waals surface area contributed by atoms with E-state index in [4.69, 9.17) is 61.3 Å². The Morgan fingerprint density at radius 3 is 0.368 bits per heavy atom. The molecule has 2 radical (unpaired) electrons. The summed E-state index contributed by atoms with van der Waals surface area (Å²) in [4.78, 5) is 58.6. The van der Waals surface area contributed by atoms with Gasteiger partial charge in [-0.25, -0.2) is 28.8 Å². The van der Waals surface area contributed by atoms with E-state index in [1.807, 2.05) is 0 Å². The van der Waals surface area contributed by atoms with Crippen LogP contribution in [0.5, 0.6) is 0 Å². The standard InChI is InChI=1S/3C4H6O6.6H2O.2Pr/c3*5-1(3(7)8)2(6)4(9)10;;;;;;;;/h3*1-2,5-6H,(H,7,8)(H,9,10);6*1H2;;. The number of aliphatic hydroxyl groups is 6. The van der Waals surface area contributed by atoms with Gasteiger partial charge in [-0.05, 0) is 0 Å². The maximum atomic E-state index is 9.77. The molecule has 0 amide bonds. The van der Waals surface area contributed by atoms with Crippen molar-refractivity contribution in [3.8, 4) is 0 Å². The maximum Gasteiger partial charge on any atom is 0.335 e. The van der Waals surface area contributed by atoms with Gasteiger partial charge in [0.1, 0.15) is 0 Å². The molecule has 26 heteroatoms. The largest absolute Gasteiger partial charge is 0.479 e. The van der Waals surface area contributed by atoms with Gasteiger partial charge < -0.3 is 94.1 Å².